The number of para-hydroxylation sites is 1. The summed E-state index contributed by atoms with van der Waals surface area (Å²) in [6.07, 6.45) is 3.36. The molecule has 4 aromatic carbocycles. The fourth-order valence-electron chi connectivity index (χ4n) is 7.29. The Morgan fingerprint density at radius 1 is 0.807 bits per heavy atom. The van der Waals surface area contributed by atoms with Gasteiger partial charge in [-0.05, 0) is 66.1 Å². The highest BCUT2D eigenvalue weighted by atomic mass is 32.2. The van der Waals surface area contributed by atoms with Crippen molar-refractivity contribution in [3.05, 3.63) is 142 Å². The summed E-state index contributed by atoms with van der Waals surface area (Å²) >= 11 is 0. The summed E-state index contributed by atoms with van der Waals surface area (Å²) in [7, 11) is -2.86. The van der Waals surface area contributed by atoms with Crippen molar-refractivity contribution in [3.8, 4) is 11.3 Å². The van der Waals surface area contributed by atoms with Gasteiger partial charge in [-0.2, -0.15) is 0 Å². The van der Waals surface area contributed by atoms with Crippen LogP contribution in [0.25, 0.3) is 22.2 Å². The molecule has 3 amide bonds. The van der Waals surface area contributed by atoms with Gasteiger partial charge in [-0.25, -0.2) is 13.1 Å². The fourth-order valence-corrected chi connectivity index (χ4v) is 9.02. The lowest BCUT2D eigenvalue weighted by molar-refractivity contribution is -0.130. The SMILES string of the molecule is Cc1cc(C)cc(C(=O)N(C)[C@H](Cc2ccc(-c3ccno3)cc2)C(=O)N[C@@H](Cc2c[nH]c3ccccc23)C(=O)NS(=O)(=O)c2c(C(C)C)cccc2C(C)C)c1. The Bertz CT molecular complexity index is 2460. The summed E-state index contributed by atoms with van der Waals surface area (Å²) in [6, 6.07) is 25.0. The molecule has 0 saturated carbocycles. The third kappa shape index (κ3) is 9.18. The molecule has 2 heterocycles. The lowest BCUT2D eigenvalue weighted by Gasteiger charge is -2.30. The van der Waals surface area contributed by atoms with E-state index in [1.807, 2.05) is 102 Å². The Kier molecular flexibility index (Phi) is 12.1. The molecule has 3 N–H and O–H groups in total. The lowest BCUT2D eigenvalue weighted by atomic mass is 9.95. The highest BCUT2D eigenvalue weighted by molar-refractivity contribution is 7.90. The smallest absolute Gasteiger partial charge is 0.264 e. The van der Waals surface area contributed by atoms with Gasteiger partial charge in [-0.3, -0.25) is 14.4 Å². The second-order valence-corrected chi connectivity index (χ2v) is 16.9. The number of aromatic amines is 1. The largest absolute Gasteiger partial charge is 0.361 e. The molecule has 57 heavy (non-hydrogen) atoms. The van der Waals surface area contributed by atoms with Crippen LogP contribution in [0.2, 0.25) is 0 Å². The van der Waals surface area contributed by atoms with Crippen LogP contribution in [0.15, 0.2) is 113 Å². The molecule has 12 heteroatoms. The second kappa shape index (κ2) is 17.0. The molecule has 6 rings (SSSR count). The van der Waals surface area contributed by atoms with Gasteiger partial charge in [0.05, 0.1) is 11.1 Å². The summed E-state index contributed by atoms with van der Waals surface area (Å²) in [4.78, 5) is 47.8. The number of nitrogens with zero attached hydrogens (tertiary/aromatic N) is 2. The first-order valence-electron chi connectivity index (χ1n) is 19.0. The Balaban J connectivity index is 1.37. The molecular formula is C45H49N5O6S. The van der Waals surface area contributed by atoms with E-state index in [1.165, 1.54) is 4.90 Å². The Morgan fingerprint density at radius 2 is 1.46 bits per heavy atom. The molecule has 0 bridgehead atoms. The molecule has 0 aliphatic rings. The quantitative estimate of drug-likeness (QED) is 0.103. The van der Waals surface area contributed by atoms with Gasteiger partial charge < -0.3 is 19.7 Å². The number of likely N-dealkylation sites (N-methyl/N-ethyl adjacent to an activating group) is 1. The van der Waals surface area contributed by atoms with Crippen LogP contribution >= 0.6 is 0 Å². The van der Waals surface area contributed by atoms with Crippen molar-refractivity contribution < 1.29 is 27.3 Å². The Morgan fingerprint density at radius 3 is 2.07 bits per heavy atom. The maximum atomic E-state index is 14.7. The van der Waals surface area contributed by atoms with Gasteiger partial charge in [-0.1, -0.05) is 111 Å². The number of rotatable bonds is 14. The number of sulfonamides is 1. The summed E-state index contributed by atoms with van der Waals surface area (Å²) in [5.74, 6) is -1.63. The van der Waals surface area contributed by atoms with E-state index in [0.29, 0.717) is 28.0 Å². The summed E-state index contributed by atoms with van der Waals surface area (Å²) in [5, 5.41) is 7.49. The molecule has 2 aromatic heterocycles. The van der Waals surface area contributed by atoms with Crippen molar-refractivity contribution in [2.45, 2.75) is 83.2 Å². The van der Waals surface area contributed by atoms with E-state index >= 15 is 0 Å². The van der Waals surface area contributed by atoms with Crippen molar-refractivity contribution in [3.63, 3.8) is 0 Å². The third-order valence-corrected chi connectivity index (χ3v) is 11.7. The molecule has 0 radical (unpaired) electrons. The third-order valence-electron chi connectivity index (χ3n) is 10.2. The van der Waals surface area contributed by atoms with Crippen molar-refractivity contribution in [1.29, 1.82) is 0 Å². The topological polar surface area (TPSA) is 154 Å². The van der Waals surface area contributed by atoms with Gasteiger partial charge in [-0.15, -0.1) is 0 Å². The number of fused-ring (bicyclic) bond motifs is 1. The second-order valence-electron chi connectivity index (χ2n) is 15.3. The van der Waals surface area contributed by atoms with Gasteiger partial charge in [0.15, 0.2) is 5.76 Å². The minimum atomic E-state index is -4.41. The van der Waals surface area contributed by atoms with Gasteiger partial charge in [0, 0.05) is 54.2 Å². The van der Waals surface area contributed by atoms with E-state index in [4.69, 9.17) is 4.52 Å². The number of benzene rings is 4. The minimum absolute atomic E-state index is 0.0344. The lowest BCUT2D eigenvalue weighted by Crippen LogP contribution is -2.56. The molecule has 0 aliphatic heterocycles. The van der Waals surface area contributed by atoms with Crippen LogP contribution in [-0.2, 0) is 32.5 Å². The highest BCUT2D eigenvalue weighted by Crippen LogP contribution is 2.32. The van der Waals surface area contributed by atoms with E-state index in [1.54, 1.807) is 49.8 Å². The van der Waals surface area contributed by atoms with Gasteiger partial charge >= 0.3 is 0 Å². The number of carbonyl (C=O) groups excluding carboxylic acids is 3. The number of aromatic nitrogens is 2. The number of hydrogen-bond donors (Lipinski definition) is 3. The first-order chi connectivity index (χ1) is 27.1. The average molecular weight is 788 g/mol. The van der Waals surface area contributed by atoms with E-state index in [0.717, 1.165) is 33.2 Å². The van der Waals surface area contributed by atoms with E-state index in [2.05, 4.69) is 20.2 Å². The number of nitrogens with one attached hydrogen (secondary N) is 3. The summed E-state index contributed by atoms with van der Waals surface area (Å²) in [5.41, 5.74) is 6.42. The molecule has 6 aromatic rings. The van der Waals surface area contributed by atoms with Crippen LogP contribution in [0.3, 0.4) is 0 Å². The average Bonchev–Trinajstić information content (AvgIpc) is 3.86. The minimum Gasteiger partial charge on any atom is -0.361 e. The molecule has 0 unspecified atom stereocenters. The predicted octanol–water partition coefficient (Wildman–Crippen LogP) is 7.60. The normalized spacial score (nSPS) is 12.8. The summed E-state index contributed by atoms with van der Waals surface area (Å²) < 4.78 is 36.2. The zero-order chi connectivity index (χ0) is 41.0. The molecule has 296 valence electrons. The molecular weight excluding hydrogens is 739 g/mol. The first kappa shape index (κ1) is 40.6. The Labute approximate surface area is 333 Å². The van der Waals surface area contributed by atoms with Crippen molar-refractivity contribution in [2.75, 3.05) is 7.05 Å². The maximum absolute atomic E-state index is 14.7. The highest BCUT2D eigenvalue weighted by Gasteiger charge is 2.35. The van der Waals surface area contributed by atoms with E-state index in [-0.39, 0.29) is 35.5 Å². The Hall–Kier alpha value is -6.01. The maximum Gasteiger partial charge on any atom is 0.264 e. The fraction of sp³-hybridized carbons (Fsp3) is 0.289. The standard InChI is InChI=1S/C45H49N5O6S/c1-27(2)35-12-10-13-36(28(3)4)42(35)57(54,55)49-43(51)39(25-34-26-46-38-14-9-8-11-37(34)38)48-44(52)40(50(7)45(53)33-22-29(5)21-30(6)23-33)24-31-15-17-32(18-16-31)41-19-20-47-56-41/h8-23,26-28,39-40,46H,24-25H2,1-7H3,(H,48,52)(H,49,51)/t39-,40+/m0/s1. The number of aryl methyl sites for hydroxylation is 2. The zero-order valence-corrected chi connectivity index (χ0v) is 34.1. The van der Waals surface area contributed by atoms with Crippen LogP contribution in [0.4, 0.5) is 0 Å². The number of hydrogen-bond acceptors (Lipinski definition) is 7. The number of H-pyrrole nitrogens is 1. The molecule has 2 atom stereocenters. The van der Waals surface area contributed by atoms with Gasteiger partial charge in [0.25, 0.3) is 21.8 Å². The van der Waals surface area contributed by atoms with Crippen LogP contribution in [-0.4, -0.2) is 60.3 Å². The van der Waals surface area contributed by atoms with E-state index in [9.17, 15) is 22.8 Å². The predicted molar refractivity (Wildman–Crippen MR) is 221 cm³/mol. The van der Waals surface area contributed by atoms with Gasteiger partial charge in [0.1, 0.15) is 12.1 Å². The first-order valence-corrected chi connectivity index (χ1v) is 20.5. The zero-order valence-electron chi connectivity index (χ0n) is 33.3. The number of amides is 3. The van der Waals surface area contributed by atoms with Crippen molar-refractivity contribution >= 4 is 38.6 Å². The van der Waals surface area contributed by atoms with Crippen molar-refractivity contribution in [1.82, 2.24) is 25.1 Å². The van der Waals surface area contributed by atoms with Crippen LogP contribution in [0.5, 0.6) is 0 Å². The molecule has 0 aliphatic carbocycles. The molecule has 11 nitrogen and oxygen atoms in total. The molecule has 0 fully saturated rings. The van der Waals surface area contributed by atoms with Crippen molar-refractivity contribution in [2.24, 2.45) is 0 Å². The molecule has 0 saturated heterocycles. The number of carbonyl (C=O) groups is 3. The van der Waals surface area contributed by atoms with Crippen LogP contribution in [0, 0.1) is 13.8 Å². The van der Waals surface area contributed by atoms with Crippen LogP contribution in [0.1, 0.15) is 83.3 Å². The monoisotopic (exact) mass is 787 g/mol. The van der Waals surface area contributed by atoms with Crippen LogP contribution < -0.4 is 10.0 Å². The molecule has 0 spiro atoms. The summed E-state index contributed by atoms with van der Waals surface area (Å²) in [6.45, 7) is 11.4. The van der Waals surface area contributed by atoms with E-state index < -0.39 is 33.9 Å². The van der Waals surface area contributed by atoms with Gasteiger partial charge in [0.2, 0.25) is 5.91 Å².